The molecule has 2 heterocycles. The van der Waals surface area contributed by atoms with Gasteiger partial charge < -0.3 is 15.1 Å². The van der Waals surface area contributed by atoms with Crippen molar-refractivity contribution in [1.29, 1.82) is 0 Å². The third-order valence-electron chi connectivity index (χ3n) is 3.43. The molecule has 1 fully saturated rings. The average Bonchev–Trinajstić information content (AvgIpc) is 2.77. The van der Waals surface area contributed by atoms with Crippen molar-refractivity contribution in [2.75, 3.05) is 39.8 Å². The molecule has 7 nitrogen and oxygen atoms in total. The highest BCUT2D eigenvalue weighted by molar-refractivity contribution is 5.97. The minimum absolute atomic E-state index is 0.0103. The molecule has 2 rings (SSSR count). The molecule has 1 saturated heterocycles. The summed E-state index contributed by atoms with van der Waals surface area (Å²) in [4.78, 5) is 27.6. The summed E-state index contributed by atoms with van der Waals surface area (Å²) >= 11 is 0. The molecule has 110 valence electrons. The second-order valence-electron chi connectivity index (χ2n) is 5.09. The molecule has 1 aliphatic heterocycles. The molecular formula is C13H21N5O2. The summed E-state index contributed by atoms with van der Waals surface area (Å²) < 4.78 is 1.61. The van der Waals surface area contributed by atoms with Gasteiger partial charge in [0.1, 0.15) is 0 Å². The monoisotopic (exact) mass is 279 g/mol. The molecule has 1 N–H and O–H groups in total. The second kappa shape index (κ2) is 6.04. The normalized spacial score (nSPS) is 15.2. The fraction of sp³-hybridized carbons (Fsp3) is 0.615. The van der Waals surface area contributed by atoms with Crippen molar-refractivity contribution in [2.45, 2.75) is 6.92 Å². The number of hydrogen-bond donors (Lipinski definition) is 1. The summed E-state index contributed by atoms with van der Waals surface area (Å²) in [5.74, 6) is -0.178. The number of nitrogens with zero attached hydrogens (tertiary/aromatic N) is 4. The Morgan fingerprint density at radius 3 is 2.60 bits per heavy atom. The number of carbonyl (C=O) groups excluding carboxylic acids is 2. The first-order chi connectivity index (χ1) is 9.49. The highest BCUT2D eigenvalue weighted by Crippen LogP contribution is 2.08. The van der Waals surface area contributed by atoms with Crippen LogP contribution in [0.3, 0.4) is 0 Å². The van der Waals surface area contributed by atoms with E-state index in [0.717, 1.165) is 13.1 Å². The number of hydrogen-bond acceptors (Lipinski definition) is 4. The van der Waals surface area contributed by atoms with E-state index in [-0.39, 0.29) is 18.4 Å². The molecule has 0 unspecified atom stereocenters. The van der Waals surface area contributed by atoms with Gasteiger partial charge in [-0.3, -0.25) is 14.3 Å². The van der Waals surface area contributed by atoms with E-state index in [1.165, 1.54) is 4.90 Å². The zero-order valence-corrected chi connectivity index (χ0v) is 12.2. The number of carbonyl (C=O) groups is 2. The summed E-state index contributed by atoms with van der Waals surface area (Å²) in [5.41, 5.74) is 1.22. The quantitative estimate of drug-likeness (QED) is 0.789. The molecular weight excluding hydrogens is 258 g/mol. The molecule has 0 aromatic carbocycles. The van der Waals surface area contributed by atoms with E-state index in [1.54, 1.807) is 36.8 Å². The average molecular weight is 279 g/mol. The third-order valence-corrected chi connectivity index (χ3v) is 3.43. The van der Waals surface area contributed by atoms with Crippen LogP contribution in [0.1, 0.15) is 16.1 Å². The molecule has 1 aromatic heterocycles. The van der Waals surface area contributed by atoms with E-state index in [2.05, 4.69) is 10.4 Å². The molecule has 0 bridgehead atoms. The first-order valence-electron chi connectivity index (χ1n) is 6.73. The highest BCUT2D eigenvalue weighted by Gasteiger charge is 2.22. The van der Waals surface area contributed by atoms with E-state index in [1.807, 2.05) is 0 Å². The van der Waals surface area contributed by atoms with Gasteiger partial charge in [-0.05, 0) is 6.92 Å². The second-order valence-corrected chi connectivity index (χ2v) is 5.09. The van der Waals surface area contributed by atoms with Crippen LogP contribution >= 0.6 is 0 Å². The van der Waals surface area contributed by atoms with E-state index < -0.39 is 0 Å². The Bertz CT molecular complexity index is 505. The minimum atomic E-state index is -0.168. The van der Waals surface area contributed by atoms with Crippen LogP contribution in [0.2, 0.25) is 0 Å². The van der Waals surface area contributed by atoms with E-state index in [0.29, 0.717) is 24.3 Å². The molecule has 2 amide bonds. The van der Waals surface area contributed by atoms with E-state index in [9.17, 15) is 9.59 Å². The minimum Gasteiger partial charge on any atom is -0.339 e. The van der Waals surface area contributed by atoms with Crippen LogP contribution in [-0.2, 0) is 11.8 Å². The van der Waals surface area contributed by atoms with Crippen molar-refractivity contribution >= 4 is 11.8 Å². The molecule has 0 atom stereocenters. The molecule has 0 radical (unpaired) electrons. The number of rotatable bonds is 3. The molecule has 7 heteroatoms. The lowest BCUT2D eigenvalue weighted by molar-refractivity contribution is -0.132. The van der Waals surface area contributed by atoms with Gasteiger partial charge in [0.25, 0.3) is 5.91 Å². The smallest absolute Gasteiger partial charge is 0.257 e. The SMILES string of the molecule is Cc1nn(C)cc1C(=O)N(C)CC(=O)N1CCNCC1. The summed E-state index contributed by atoms with van der Waals surface area (Å²) in [6.45, 7) is 4.92. The Labute approximate surface area is 118 Å². The van der Waals surface area contributed by atoms with Gasteiger partial charge in [-0.15, -0.1) is 0 Å². The lowest BCUT2D eigenvalue weighted by Crippen LogP contribution is -2.49. The van der Waals surface area contributed by atoms with Gasteiger partial charge in [-0.25, -0.2) is 0 Å². The van der Waals surface area contributed by atoms with Crippen LogP contribution in [0.15, 0.2) is 6.20 Å². The van der Waals surface area contributed by atoms with Gasteiger partial charge in [-0.1, -0.05) is 0 Å². The van der Waals surface area contributed by atoms with Gasteiger partial charge >= 0.3 is 0 Å². The number of amides is 2. The summed E-state index contributed by atoms with van der Waals surface area (Å²) in [5, 5.41) is 7.35. The van der Waals surface area contributed by atoms with Crippen molar-refractivity contribution in [3.63, 3.8) is 0 Å². The standard InChI is InChI=1S/C13H21N5O2/c1-10-11(8-17(3)15-10)13(20)16(2)9-12(19)18-6-4-14-5-7-18/h8,14H,4-7,9H2,1-3H3. The summed E-state index contributed by atoms with van der Waals surface area (Å²) in [7, 11) is 3.42. The first-order valence-corrected chi connectivity index (χ1v) is 6.73. The summed E-state index contributed by atoms with van der Waals surface area (Å²) in [6, 6.07) is 0. The van der Waals surface area contributed by atoms with Crippen LogP contribution in [0.4, 0.5) is 0 Å². The maximum Gasteiger partial charge on any atom is 0.257 e. The molecule has 0 saturated carbocycles. The van der Waals surface area contributed by atoms with Crippen LogP contribution < -0.4 is 5.32 Å². The van der Waals surface area contributed by atoms with Crippen molar-refractivity contribution in [3.05, 3.63) is 17.5 Å². The fourth-order valence-electron chi connectivity index (χ4n) is 2.30. The topological polar surface area (TPSA) is 70.5 Å². The maximum absolute atomic E-state index is 12.3. The highest BCUT2D eigenvalue weighted by atomic mass is 16.2. The van der Waals surface area contributed by atoms with Gasteiger partial charge in [-0.2, -0.15) is 5.10 Å². The van der Waals surface area contributed by atoms with Gasteiger partial charge in [0, 0.05) is 46.5 Å². The zero-order valence-electron chi connectivity index (χ0n) is 12.2. The number of aromatic nitrogens is 2. The van der Waals surface area contributed by atoms with Crippen molar-refractivity contribution in [2.24, 2.45) is 7.05 Å². The number of piperazine rings is 1. The van der Waals surface area contributed by atoms with Crippen LogP contribution in [0, 0.1) is 6.92 Å². The van der Waals surface area contributed by atoms with Crippen molar-refractivity contribution < 1.29 is 9.59 Å². The number of nitrogens with one attached hydrogen (secondary N) is 1. The molecule has 0 aliphatic carbocycles. The van der Waals surface area contributed by atoms with Gasteiger partial charge in [0.2, 0.25) is 5.91 Å². The van der Waals surface area contributed by atoms with E-state index in [4.69, 9.17) is 0 Å². The molecule has 0 spiro atoms. The first kappa shape index (κ1) is 14.5. The van der Waals surface area contributed by atoms with Gasteiger partial charge in [0.05, 0.1) is 17.8 Å². The molecule has 1 aromatic rings. The Hall–Kier alpha value is -1.89. The largest absolute Gasteiger partial charge is 0.339 e. The fourth-order valence-corrected chi connectivity index (χ4v) is 2.30. The lowest BCUT2D eigenvalue weighted by Gasteiger charge is -2.29. The number of aryl methyl sites for hydroxylation is 2. The Morgan fingerprint density at radius 2 is 2.05 bits per heavy atom. The van der Waals surface area contributed by atoms with Crippen LogP contribution in [0.25, 0.3) is 0 Å². The Balaban J connectivity index is 1.97. The molecule has 20 heavy (non-hydrogen) atoms. The van der Waals surface area contributed by atoms with Crippen LogP contribution in [-0.4, -0.2) is 71.2 Å². The van der Waals surface area contributed by atoms with Crippen molar-refractivity contribution in [3.8, 4) is 0 Å². The zero-order chi connectivity index (χ0) is 14.7. The predicted molar refractivity (Wildman–Crippen MR) is 74.4 cm³/mol. The lowest BCUT2D eigenvalue weighted by atomic mass is 10.2. The maximum atomic E-state index is 12.3. The molecule has 1 aliphatic rings. The predicted octanol–water partition coefficient (Wildman–Crippen LogP) is -0.768. The Kier molecular flexibility index (Phi) is 4.39. The van der Waals surface area contributed by atoms with Crippen molar-refractivity contribution in [1.82, 2.24) is 24.9 Å². The number of likely N-dealkylation sites (N-methyl/N-ethyl adjacent to an activating group) is 1. The van der Waals surface area contributed by atoms with E-state index >= 15 is 0 Å². The third kappa shape index (κ3) is 3.16. The summed E-state index contributed by atoms with van der Waals surface area (Å²) in [6.07, 6.45) is 1.68. The Morgan fingerprint density at radius 1 is 1.40 bits per heavy atom. The van der Waals surface area contributed by atoms with Gasteiger partial charge in [0.15, 0.2) is 0 Å². The van der Waals surface area contributed by atoms with Crippen LogP contribution in [0.5, 0.6) is 0 Å².